The van der Waals surface area contributed by atoms with Gasteiger partial charge in [0.2, 0.25) is 0 Å². The normalized spacial score (nSPS) is 16.7. The van der Waals surface area contributed by atoms with Crippen LogP contribution in [0.25, 0.3) is 5.52 Å². The molecule has 3 aromatic heterocycles. The SMILES string of the molecule is C=C(C)N(C(=O)c1ccn2ncc(B3OC(C)(C)C(C)(C)O3)c2c1)c1ccc(C#N)cn1. The monoisotopic (exact) mass is 429 g/mol. The van der Waals surface area contributed by atoms with E-state index in [0.29, 0.717) is 28.2 Å². The number of allylic oxidation sites excluding steroid dienone is 1. The average Bonchev–Trinajstić information content (AvgIpc) is 3.25. The van der Waals surface area contributed by atoms with Gasteiger partial charge in [0.25, 0.3) is 5.91 Å². The van der Waals surface area contributed by atoms with E-state index in [4.69, 9.17) is 14.6 Å². The van der Waals surface area contributed by atoms with Crippen LogP contribution in [0.4, 0.5) is 5.82 Å². The summed E-state index contributed by atoms with van der Waals surface area (Å²) in [6.45, 7) is 13.6. The molecule has 1 fully saturated rings. The molecule has 1 aliphatic rings. The van der Waals surface area contributed by atoms with Gasteiger partial charge in [-0.3, -0.25) is 9.69 Å². The Labute approximate surface area is 187 Å². The van der Waals surface area contributed by atoms with E-state index in [1.165, 1.54) is 11.1 Å². The van der Waals surface area contributed by atoms with E-state index in [-0.39, 0.29) is 5.91 Å². The van der Waals surface area contributed by atoms with Gasteiger partial charge in [-0.2, -0.15) is 10.4 Å². The van der Waals surface area contributed by atoms with Crippen molar-refractivity contribution in [1.29, 1.82) is 5.26 Å². The van der Waals surface area contributed by atoms with Gasteiger partial charge in [-0.1, -0.05) is 6.58 Å². The third-order valence-electron chi connectivity index (χ3n) is 6.00. The molecule has 32 heavy (non-hydrogen) atoms. The van der Waals surface area contributed by atoms with Crippen LogP contribution >= 0.6 is 0 Å². The topological polar surface area (TPSA) is 92.8 Å². The molecular formula is C23H24BN5O3. The van der Waals surface area contributed by atoms with Gasteiger partial charge < -0.3 is 9.31 Å². The molecule has 0 spiro atoms. The van der Waals surface area contributed by atoms with Crippen LogP contribution in [0.3, 0.4) is 0 Å². The maximum atomic E-state index is 13.4. The molecule has 0 aromatic carbocycles. The quantitative estimate of drug-likeness (QED) is 0.592. The molecule has 8 nitrogen and oxygen atoms in total. The third kappa shape index (κ3) is 3.58. The number of hydrogen-bond donors (Lipinski definition) is 0. The molecule has 1 saturated heterocycles. The number of fused-ring (bicyclic) bond motifs is 1. The maximum absolute atomic E-state index is 13.4. The second kappa shape index (κ2) is 7.59. The minimum Gasteiger partial charge on any atom is -0.399 e. The van der Waals surface area contributed by atoms with Crippen LogP contribution < -0.4 is 10.4 Å². The zero-order chi connectivity index (χ0) is 23.3. The van der Waals surface area contributed by atoms with Crippen LogP contribution in [0, 0.1) is 11.3 Å². The molecule has 1 aliphatic heterocycles. The summed E-state index contributed by atoms with van der Waals surface area (Å²) >= 11 is 0. The van der Waals surface area contributed by atoms with Crippen molar-refractivity contribution in [3.63, 3.8) is 0 Å². The van der Waals surface area contributed by atoms with E-state index in [9.17, 15) is 4.79 Å². The number of pyridine rings is 2. The number of hydrogen-bond acceptors (Lipinski definition) is 6. The van der Waals surface area contributed by atoms with Crippen LogP contribution in [-0.2, 0) is 9.31 Å². The van der Waals surface area contributed by atoms with Crippen molar-refractivity contribution in [2.24, 2.45) is 0 Å². The van der Waals surface area contributed by atoms with Gasteiger partial charge in [0.05, 0.1) is 22.3 Å². The number of carbonyl (C=O) groups excluding carboxylic acids is 1. The number of nitriles is 1. The van der Waals surface area contributed by atoms with Gasteiger partial charge in [-0.15, -0.1) is 0 Å². The summed E-state index contributed by atoms with van der Waals surface area (Å²) in [6, 6.07) is 8.71. The van der Waals surface area contributed by atoms with Gasteiger partial charge in [0, 0.05) is 35.3 Å². The van der Waals surface area contributed by atoms with Crippen molar-refractivity contribution in [1.82, 2.24) is 14.6 Å². The van der Waals surface area contributed by atoms with Crippen molar-refractivity contribution >= 4 is 29.8 Å². The molecule has 0 aliphatic carbocycles. The Morgan fingerprint density at radius 3 is 2.44 bits per heavy atom. The highest BCUT2D eigenvalue weighted by atomic mass is 16.7. The summed E-state index contributed by atoms with van der Waals surface area (Å²) in [5.41, 5.74) is 1.84. The van der Waals surface area contributed by atoms with Gasteiger partial charge in [-0.25, -0.2) is 9.50 Å². The van der Waals surface area contributed by atoms with Crippen LogP contribution in [0.15, 0.2) is 55.1 Å². The molecular weight excluding hydrogens is 405 g/mol. The fourth-order valence-corrected chi connectivity index (χ4v) is 3.47. The lowest BCUT2D eigenvalue weighted by Gasteiger charge is -2.32. The Balaban J connectivity index is 1.71. The van der Waals surface area contributed by atoms with Crippen LogP contribution in [0.2, 0.25) is 0 Å². The smallest absolute Gasteiger partial charge is 0.399 e. The van der Waals surface area contributed by atoms with E-state index in [1.807, 2.05) is 33.8 Å². The van der Waals surface area contributed by atoms with E-state index in [0.717, 1.165) is 5.46 Å². The Bertz CT molecular complexity index is 1240. The zero-order valence-electron chi connectivity index (χ0n) is 18.8. The molecule has 1 amide bonds. The summed E-state index contributed by atoms with van der Waals surface area (Å²) in [4.78, 5) is 19.1. The molecule has 0 N–H and O–H groups in total. The highest BCUT2D eigenvalue weighted by Crippen LogP contribution is 2.36. The Morgan fingerprint density at radius 2 is 1.88 bits per heavy atom. The van der Waals surface area contributed by atoms with Gasteiger partial charge in [-0.05, 0) is 58.9 Å². The second-order valence-electron chi connectivity index (χ2n) is 8.83. The first kappa shape index (κ1) is 21.7. The summed E-state index contributed by atoms with van der Waals surface area (Å²) in [5.74, 6) is 0.0966. The second-order valence-corrected chi connectivity index (χ2v) is 8.83. The summed E-state index contributed by atoms with van der Waals surface area (Å²) in [5, 5.41) is 13.4. The number of aromatic nitrogens is 3. The Morgan fingerprint density at radius 1 is 1.19 bits per heavy atom. The first-order valence-corrected chi connectivity index (χ1v) is 10.2. The fraction of sp³-hybridized carbons (Fsp3) is 0.304. The lowest BCUT2D eigenvalue weighted by Crippen LogP contribution is -2.41. The third-order valence-corrected chi connectivity index (χ3v) is 6.00. The molecule has 4 heterocycles. The van der Waals surface area contributed by atoms with Crippen molar-refractivity contribution < 1.29 is 14.1 Å². The molecule has 3 aromatic rings. The number of amides is 1. The van der Waals surface area contributed by atoms with E-state index >= 15 is 0 Å². The van der Waals surface area contributed by atoms with E-state index in [2.05, 4.69) is 16.7 Å². The summed E-state index contributed by atoms with van der Waals surface area (Å²) in [6.07, 6.45) is 4.85. The lowest BCUT2D eigenvalue weighted by molar-refractivity contribution is 0.00578. The fourth-order valence-electron chi connectivity index (χ4n) is 3.47. The number of carbonyl (C=O) groups is 1. The van der Waals surface area contributed by atoms with Crippen LogP contribution in [0.5, 0.6) is 0 Å². The minimum absolute atomic E-state index is 0.293. The molecule has 162 valence electrons. The van der Waals surface area contributed by atoms with Crippen LogP contribution in [-0.4, -0.2) is 38.8 Å². The molecule has 0 atom stereocenters. The van der Waals surface area contributed by atoms with Crippen molar-refractivity contribution in [2.75, 3.05) is 4.90 Å². The molecule has 0 unspecified atom stereocenters. The average molecular weight is 429 g/mol. The zero-order valence-corrected chi connectivity index (χ0v) is 18.8. The Hall–Kier alpha value is -3.48. The molecule has 4 rings (SSSR count). The number of anilines is 1. The van der Waals surface area contributed by atoms with Crippen molar-refractivity contribution in [3.05, 3.63) is 66.3 Å². The highest BCUT2D eigenvalue weighted by Gasteiger charge is 2.52. The minimum atomic E-state index is -0.597. The van der Waals surface area contributed by atoms with E-state index in [1.54, 1.807) is 48.1 Å². The summed E-state index contributed by atoms with van der Waals surface area (Å²) in [7, 11) is -0.597. The molecule has 0 bridgehead atoms. The standard InChI is InChI=1S/C23H24BN5O3/c1-15(2)29(20-8-7-16(12-25)13-26-20)21(30)17-9-10-28-19(11-17)18(14-27-28)24-31-22(3,4)23(5,6)32-24/h7-11,13-14H,1H2,2-6H3. The van der Waals surface area contributed by atoms with E-state index < -0.39 is 18.3 Å². The molecule has 9 heteroatoms. The highest BCUT2D eigenvalue weighted by molar-refractivity contribution is 6.64. The first-order valence-electron chi connectivity index (χ1n) is 10.2. The van der Waals surface area contributed by atoms with Gasteiger partial charge in [0.1, 0.15) is 11.9 Å². The lowest BCUT2D eigenvalue weighted by atomic mass is 9.80. The molecule has 0 saturated carbocycles. The summed E-state index contributed by atoms with van der Waals surface area (Å²) < 4.78 is 14.0. The maximum Gasteiger partial charge on any atom is 0.498 e. The number of rotatable bonds is 4. The largest absolute Gasteiger partial charge is 0.498 e. The van der Waals surface area contributed by atoms with Crippen molar-refractivity contribution in [3.8, 4) is 6.07 Å². The number of nitrogens with zero attached hydrogens (tertiary/aromatic N) is 5. The predicted molar refractivity (Wildman–Crippen MR) is 121 cm³/mol. The van der Waals surface area contributed by atoms with Crippen LogP contribution in [0.1, 0.15) is 50.5 Å². The Kier molecular flexibility index (Phi) is 5.16. The van der Waals surface area contributed by atoms with Crippen molar-refractivity contribution in [2.45, 2.75) is 45.8 Å². The van der Waals surface area contributed by atoms with Gasteiger partial charge >= 0.3 is 7.12 Å². The van der Waals surface area contributed by atoms with Gasteiger partial charge in [0.15, 0.2) is 0 Å². The predicted octanol–water partition coefficient (Wildman–Crippen LogP) is 3.08. The first-order chi connectivity index (χ1) is 15.0. The molecule has 0 radical (unpaired) electrons.